The Bertz CT molecular complexity index is 1780. The van der Waals surface area contributed by atoms with Gasteiger partial charge in [-0.25, -0.2) is 0 Å². The van der Waals surface area contributed by atoms with Crippen molar-refractivity contribution in [2.24, 2.45) is 5.92 Å². The Morgan fingerprint density at radius 3 is 1.37 bits per heavy atom. The molecule has 0 bridgehead atoms. The van der Waals surface area contributed by atoms with E-state index in [1.54, 1.807) is 6.07 Å². The Morgan fingerprint density at radius 1 is 0.581 bits per heavy atom. The average molecular weight is 2660 g/mol. The van der Waals surface area contributed by atoms with Crippen LogP contribution in [0.1, 0.15) is 25.2 Å². The number of carbonyl (C=O) groups is 1. The summed E-state index contributed by atoms with van der Waals surface area (Å²) in [4.78, 5) is 24.0. The van der Waals surface area contributed by atoms with Gasteiger partial charge in [0, 0.05) is 35.8 Å². The van der Waals surface area contributed by atoms with Crippen molar-refractivity contribution in [2.75, 3.05) is 37.1 Å². The molecule has 1 aromatic heterocycles. The Kier molecular flexibility index (Phi) is 21.1. The van der Waals surface area contributed by atoms with Crippen molar-refractivity contribution in [3.63, 3.8) is 0 Å². The van der Waals surface area contributed by atoms with Gasteiger partial charge in [-0.05, 0) is 42.0 Å². The van der Waals surface area contributed by atoms with E-state index in [9.17, 15) is 66.2 Å². The molecular formula is C33H34F7N5O10Rf7. The first-order valence-corrected chi connectivity index (χ1v) is 15.6. The summed E-state index contributed by atoms with van der Waals surface area (Å²) in [6, 6.07) is 12.6. The minimum absolute atomic E-state index is 0. The maximum Gasteiger partial charge on any atom is 0.411 e. The van der Waals surface area contributed by atoms with E-state index in [1.165, 1.54) is 62.4 Å². The fourth-order valence-electron chi connectivity index (χ4n) is 3.93. The van der Waals surface area contributed by atoms with Crippen LogP contribution >= 0.6 is 0 Å². The molecule has 0 radical (unpaired) electrons. The van der Waals surface area contributed by atoms with Gasteiger partial charge in [-0.3, -0.25) is 9.53 Å². The number of aromatic nitrogens is 3. The summed E-state index contributed by atoms with van der Waals surface area (Å²) in [5, 5.41) is 63.6. The number of nitrogens with one attached hydrogen (secondary N) is 2. The van der Waals surface area contributed by atoms with Crippen LogP contribution in [0.4, 0.5) is 54.0 Å². The Labute approximate surface area is 306 Å². The number of phenols is 6. The molecule has 0 atom stereocenters. The summed E-state index contributed by atoms with van der Waals surface area (Å²) in [5.41, 5.74) is 1.42. The summed E-state index contributed by atoms with van der Waals surface area (Å²) < 4.78 is 97.7. The van der Waals surface area contributed by atoms with Crippen LogP contribution in [-0.4, -0.2) is 96.2 Å². The molecule has 8 N–H and O–H groups in total. The molecule has 0 aliphatic rings. The molecular weight excluding hydrogens is 2630 g/mol. The number of phenolic OH excluding ortho intramolecular Hbond substituents is 6. The molecule has 0 aliphatic heterocycles. The third-order valence-corrected chi connectivity index (χ3v) is 6.54. The molecule has 1 heterocycles. The second-order valence-corrected chi connectivity index (χ2v) is 11.7. The average Bonchev–Trinajstić information content (AvgIpc) is 3.05. The predicted octanol–water partition coefficient (Wildman–Crippen LogP) is 6.19. The molecule has 0 fully saturated rings. The largest absolute Gasteiger partial charge is 0.504 e. The number of hydrogen-bond donors (Lipinski definition) is 8. The van der Waals surface area contributed by atoms with Crippen molar-refractivity contribution in [3.8, 4) is 34.5 Å². The molecule has 3 aromatic carbocycles. The number of ether oxygens (including phenoxy) is 3. The number of Topliss-reactive ketones (excluding diaryl/α,β-unsaturated/α-hetero) is 1. The van der Waals surface area contributed by atoms with Gasteiger partial charge in [0.15, 0.2) is 40.3 Å². The molecule has 15 nitrogen and oxygen atoms in total. The van der Waals surface area contributed by atoms with Crippen molar-refractivity contribution in [3.05, 3.63) is 66.0 Å². The van der Waals surface area contributed by atoms with Crippen molar-refractivity contribution in [1.29, 1.82) is 0 Å². The molecule has 62 heavy (non-hydrogen) atoms. The summed E-state index contributed by atoms with van der Waals surface area (Å²) in [7, 11) is 0. The Morgan fingerprint density at radius 2 is 0.984 bits per heavy atom. The van der Waals surface area contributed by atoms with Crippen molar-refractivity contribution in [2.45, 2.75) is 38.7 Å². The number of nitrogens with zero attached hydrogens (tertiary/aromatic N) is 3. The normalized spacial score (nSPS) is 10.5. The van der Waals surface area contributed by atoms with Gasteiger partial charge in [-0.2, -0.15) is 45.7 Å². The monoisotopic (exact) mass is 2660 g/mol. The van der Waals surface area contributed by atoms with Crippen molar-refractivity contribution >= 4 is 29.1 Å². The number of carbonyl (C=O) groups excluding carboxylic acids is 1. The second kappa shape index (κ2) is 22.4. The Hall–Kier alpha value is -12.9. The van der Waals surface area contributed by atoms with Gasteiger partial charge in [0.05, 0.1) is 0 Å². The SMILES string of the molecule is CC(C)C(=O)COCC(F)(F)OC(F)(F)COCC(F)(F)F.Oc1ccc(Cc2nc(Nc3ccc(O)c(O)c3)nc(Nc3ccc(O)c(O)c3)n2)cc1O.[Rf].[Rf].[Rf].[Rf].[Rf].[Rf].[Rf]. The molecule has 0 amide bonds. The summed E-state index contributed by atoms with van der Waals surface area (Å²) >= 11 is 0. The first kappa shape index (κ1) is 58.4. The number of hydrogen-bond acceptors (Lipinski definition) is 15. The standard InChI is InChI=1S/C22H19N5O6.C11H15F7O4.7Rf/c28-14-4-1-11(7-17(14)31)8-20-25-21(23-12-2-5-15(29)18(32)9-12)27-22(26-20)24-13-3-6-16(30)19(33)10-13;1-7(2)8(19)3-20-5-10(15,16)22-11(17,18)6-21-4-9(12,13)14;;;;;;;/h1-7,9-10,28-33H,8H2,(H2,23,24,25,26,27);7H,3-6H2,1-2H3;;;;;;;. The van der Waals surface area contributed by atoms with Gasteiger partial charge in [-0.15, -0.1) is 0 Å². The van der Waals surface area contributed by atoms with E-state index in [0.29, 0.717) is 22.8 Å². The van der Waals surface area contributed by atoms with Crippen molar-refractivity contribution in [1.82, 2.24) is 15.0 Å². The van der Waals surface area contributed by atoms with Crippen LogP contribution in [0, 0.1) is 5.92 Å². The smallest absolute Gasteiger partial charge is 0.411 e. The van der Waals surface area contributed by atoms with Crippen LogP contribution in [0.15, 0.2) is 54.6 Å². The molecule has 0 unspecified atom stereocenters. The number of alkyl halides is 7. The minimum Gasteiger partial charge on any atom is -0.504 e. The van der Waals surface area contributed by atoms with Gasteiger partial charge in [0.1, 0.15) is 32.3 Å². The Balaban J connectivity index is -0.000000336. The van der Waals surface area contributed by atoms with Gasteiger partial charge >= 0.3 is 18.4 Å². The van der Waals surface area contributed by atoms with Gasteiger partial charge in [-0.1, -0.05) is 19.9 Å². The van der Waals surface area contributed by atoms with Crippen molar-refractivity contribution < 1.29 is 80.4 Å². The zero-order valence-electron chi connectivity index (χ0n) is 33.6. The number of rotatable bonds is 16. The van der Waals surface area contributed by atoms with Gasteiger partial charge in [0.25, 0.3) is 0 Å². The molecule has 0 aliphatic carbocycles. The minimum atomic E-state index is -4.88. The molecule has 0 saturated carbocycles. The van der Waals surface area contributed by atoms with E-state index in [2.05, 4.69) is 39.8 Å². The predicted molar refractivity (Wildman–Crippen MR) is 177 cm³/mol. The fourth-order valence-corrected chi connectivity index (χ4v) is 3.93. The van der Waals surface area contributed by atoms with Crippen LogP contribution in [0.25, 0.3) is 0 Å². The summed E-state index contributed by atoms with van der Waals surface area (Å²) in [5.74, 6) is -2.25. The third kappa shape index (κ3) is 17.8. The number of anilines is 4. The first-order valence-electron chi connectivity index (χ1n) is 15.6. The molecule has 314 valence electrons. The number of aromatic hydroxyl groups is 6. The zero-order valence-corrected chi connectivity index (χ0v) is 78.4. The summed E-state index contributed by atoms with van der Waals surface area (Å²) in [6.45, 7) is -3.46. The van der Waals surface area contributed by atoms with E-state index in [-0.39, 0.29) is 52.8 Å². The van der Waals surface area contributed by atoms with Crippen LogP contribution < -0.4 is 10.6 Å². The maximum atomic E-state index is 13.0. The quantitative estimate of drug-likeness (QED) is 0.0355. The maximum absolute atomic E-state index is 13.0. The number of ketones is 1. The molecule has 0 saturated heterocycles. The first-order chi connectivity index (χ1) is 25.5. The molecule has 0 spiro atoms. The topological polar surface area (TPSA) is 229 Å². The summed E-state index contributed by atoms with van der Waals surface area (Å²) in [6.07, 6.45) is -13.8. The van der Waals surface area contributed by atoms with Crippen LogP contribution in [0.2, 0.25) is 0 Å². The number of halogens is 7. The zero-order chi connectivity index (χ0) is 41.1. The molecule has 4 rings (SSSR count). The van der Waals surface area contributed by atoms with Gasteiger partial charge < -0.3 is 50.7 Å². The van der Waals surface area contributed by atoms with E-state index in [0.717, 1.165) is 0 Å². The van der Waals surface area contributed by atoms with E-state index in [1.807, 2.05) is 0 Å². The fraction of sp³-hybridized carbons (Fsp3) is 0.333. The van der Waals surface area contributed by atoms with E-state index < -0.39 is 56.5 Å². The third-order valence-electron chi connectivity index (χ3n) is 6.54. The number of benzene rings is 3. The van der Waals surface area contributed by atoms with Crippen LogP contribution in [0.5, 0.6) is 34.5 Å². The molecule has 4 aromatic rings. The second-order valence-electron chi connectivity index (χ2n) is 11.7. The van der Waals surface area contributed by atoms with Crippen LogP contribution in [-0.2, 0) is 25.4 Å². The van der Waals surface area contributed by atoms with Gasteiger partial charge in [0.2, 0.25) is 11.9 Å². The van der Waals surface area contributed by atoms with E-state index >= 15 is 0 Å². The van der Waals surface area contributed by atoms with Crippen LogP contribution in [0.3, 0.4) is 0 Å². The molecule has 29 heteroatoms. The van der Waals surface area contributed by atoms with E-state index in [4.69, 9.17) is 0 Å².